The van der Waals surface area contributed by atoms with Gasteiger partial charge in [0.1, 0.15) is 16.5 Å². The Morgan fingerprint density at radius 2 is 2.25 bits per heavy atom. The van der Waals surface area contributed by atoms with Gasteiger partial charge in [-0.05, 0) is 12.8 Å². The van der Waals surface area contributed by atoms with Gasteiger partial charge in [-0.2, -0.15) is 0 Å². The molecule has 1 fully saturated rings. The zero-order chi connectivity index (χ0) is 11.5. The Kier molecular flexibility index (Phi) is 3.31. The number of aromatic nitrogens is 2. The number of nitrogens with two attached hydrogens (primary N) is 1. The van der Waals surface area contributed by atoms with E-state index in [0.717, 1.165) is 18.7 Å². The Morgan fingerprint density at radius 1 is 1.50 bits per heavy atom. The molecule has 0 spiro atoms. The van der Waals surface area contributed by atoms with Gasteiger partial charge in [-0.25, -0.2) is 9.97 Å². The second-order valence-corrected chi connectivity index (χ2v) is 4.21. The second-order valence-electron chi connectivity index (χ2n) is 3.77. The molecule has 1 aliphatic rings. The molecular weight excluding hydrogens is 224 g/mol. The van der Waals surface area contributed by atoms with Crippen molar-refractivity contribution in [3.8, 4) is 0 Å². The van der Waals surface area contributed by atoms with Gasteiger partial charge in [0.15, 0.2) is 0 Å². The highest BCUT2D eigenvalue weighted by Crippen LogP contribution is 2.29. The van der Waals surface area contributed by atoms with E-state index in [9.17, 15) is 0 Å². The van der Waals surface area contributed by atoms with Crippen molar-refractivity contribution < 1.29 is 5.11 Å². The van der Waals surface area contributed by atoms with Crippen LogP contribution in [0.1, 0.15) is 18.5 Å². The minimum absolute atomic E-state index is 0.120. The Balaban J connectivity index is 2.14. The second kappa shape index (κ2) is 4.71. The molecule has 0 aliphatic heterocycles. The van der Waals surface area contributed by atoms with Gasteiger partial charge >= 0.3 is 0 Å². The van der Waals surface area contributed by atoms with Crippen LogP contribution in [0.2, 0.25) is 0 Å². The highest BCUT2D eigenvalue weighted by molar-refractivity contribution is 7.80. The lowest BCUT2D eigenvalue weighted by Crippen LogP contribution is -2.30. The topological polar surface area (TPSA) is 75.3 Å². The predicted octanol–water partition coefficient (Wildman–Crippen LogP) is 0.0719. The van der Waals surface area contributed by atoms with E-state index in [1.165, 1.54) is 0 Å². The first kappa shape index (κ1) is 11.2. The number of nitrogens with zero attached hydrogens (tertiary/aromatic N) is 3. The fourth-order valence-corrected chi connectivity index (χ4v) is 1.68. The first-order valence-corrected chi connectivity index (χ1v) is 5.62. The van der Waals surface area contributed by atoms with Gasteiger partial charge in [-0.1, -0.05) is 12.2 Å². The van der Waals surface area contributed by atoms with Gasteiger partial charge in [-0.15, -0.1) is 0 Å². The molecule has 1 aromatic rings. The maximum atomic E-state index is 8.99. The molecule has 2 rings (SSSR count). The fourth-order valence-electron chi connectivity index (χ4n) is 1.57. The maximum Gasteiger partial charge on any atom is 0.147 e. The summed E-state index contributed by atoms with van der Waals surface area (Å²) in [4.78, 5) is 10.7. The standard InChI is InChI=1S/C10H14N4OS/c11-10(16)8-5-13-9(6-12-8)14(3-4-15)7-1-2-7/h5-7,15H,1-4H2,(H2,11,16). The van der Waals surface area contributed by atoms with Crippen molar-refractivity contribution in [1.82, 2.24) is 9.97 Å². The number of hydrogen-bond donors (Lipinski definition) is 2. The quantitative estimate of drug-likeness (QED) is 0.707. The zero-order valence-electron chi connectivity index (χ0n) is 8.83. The molecule has 3 N–H and O–H groups in total. The summed E-state index contributed by atoms with van der Waals surface area (Å²) in [6.45, 7) is 0.709. The zero-order valence-corrected chi connectivity index (χ0v) is 9.65. The number of thiocarbonyl (C=S) groups is 1. The van der Waals surface area contributed by atoms with Gasteiger partial charge in [0.05, 0.1) is 19.0 Å². The third kappa shape index (κ3) is 2.45. The molecule has 1 saturated carbocycles. The highest BCUT2D eigenvalue weighted by atomic mass is 32.1. The summed E-state index contributed by atoms with van der Waals surface area (Å²) in [7, 11) is 0. The summed E-state index contributed by atoms with van der Waals surface area (Å²) in [5.41, 5.74) is 5.97. The van der Waals surface area contributed by atoms with Crippen LogP contribution in [0, 0.1) is 0 Å². The van der Waals surface area contributed by atoms with Gasteiger partial charge < -0.3 is 15.7 Å². The molecule has 0 unspecified atom stereocenters. The van der Waals surface area contributed by atoms with Crippen molar-refractivity contribution >= 4 is 23.0 Å². The fraction of sp³-hybridized carbons (Fsp3) is 0.500. The van der Waals surface area contributed by atoms with E-state index in [-0.39, 0.29) is 11.6 Å². The van der Waals surface area contributed by atoms with Crippen molar-refractivity contribution in [2.45, 2.75) is 18.9 Å². The van der Waals surface area contributed by atoms with Gasteiger partial charge in [0.25, 0.3) is 0 Å². The van der Waals surface area contributed by atoms with Crippen LogP contribution < -0.4 is 10.6 Å². The number of aliphatic hydroxyl groups is 1. The van der Waals surface area contributed by atoms with E-state index in [1.807, 2.05) is 0 Å². The van der Waals surface area contributed by atoms with Crippen LogP contribution in [-0.2, 0) is 0 Å². The summed E-state index contributed by atoms with van der Waals surface area (Å²) < 4.78 is 0. The Morgan fingerprint density at radius 3 is 2.69 bits per heavy atom. The van der Waals surface area contributed by atoms with Crippen molar-refractivity contribution in [1.29, 1.82) is 0 Å². The molecule has 16 heavy (non-hydrogen) atoms. The molecule has 0 amide bonds. The molecule has 0 atom stereocenters. The third-order valence-electron chi connectivity index (χ3n) is 2.51. The van der Waals surface area contributed by atoms with Crippen LogP contribution in [0.5, 0.6) is 0 Å². The monoisotopic (exact) mass is 238 g/mol. The molecule has 6 heteroatoms. The summed E-state index contributed by atoms with van der Waals surface area (Å²) in [5.74, 6) is 0.775. The van der Waals surface area contributed by atoms with Crippen molar-refractivity contribution in [2.75, 3.05) is 18.1 Å². The summed E-state index contributed by atoms with van der Waals surface area (Å²) in [6.07, 6.45) is 5.53. The van der Waals surface area contributed by atoms with E-state index in [0.29, 0.717) is 18.3 Å². The first-order chi connectivity index (χ1) is 7.72. The van der Waals surface area contributed by atoms with Crippen LogP contribution in [0.3, 0.4) is 0 Å². The van der Waals surface area contributed by atoms with Crippen LogP contribution in [0.25, 0.3) is 0 Å². The molecular formula is C10H14N4OS. The van der Waals surface area contributed by atoms with Crippen LogP contribution in [0.4, 0.5) is 5.82 Å². The Labute approximate surface area is 99.3 Å². The lowest BCUT2D eigenvalue weighted by atomic mass is 10.4. The lowest BCUT2D eigenvalue weighted by molar-refractivity contribution is 0.301. The molecule has 5 nitrogen and oxygen atoms in total. The molecule has 1 aromatic heterocycles. The highest BCUT2D eigenvalue weighted by Gasteiger charge is 2.29. The number of aliphatic hydroxyl groups excluding tert-OH is 1. The minimum atomic E-state index is 0.120. The van der Waals surface area contributed by atoms with E-state index in [1.54, 1.807) is 12.4 Å². The van der Waals surface area contributed by atoms with Crippen molar-refractivity contribution in [3.63, 3.8) is 0 Å². The van der Waals surface area contributed by atoms with Gasteiger partial charge in [-0.3, -0.25) is 0 Å². The largest absolute Gasteiger partial charge is 0.395 e. The van der Waals surface area contributed by atoms with Crippen LogP contribution >= 0.6 is 12.2 Å². The molecule has 0 aromatic carbocycles. The van der Waals surface area contributed by atoms with Crippen LogP contribution in [-0.4, -0.2) is 39.3 Å². The molecule has 0 bridgehead atoms. The van der Waals surface area contributed by atoms with E-state index < -0.39 is 0 Å². The lowest BCUT2D eigenvalue weighted by Gasteiger charge is -2.21. The average Bonchev–Trinajstić information content (AvgIpc) is 3.10. The minimum Gasteiger partial charge on any atom is -0.395 e. The Bertz CT molecular complexity index is 377. The molecule has 1 aliphatic carbocycles. The SMILES string of the molecule is NC(=S)c1cnc(N(CCO)C2CC2)cn1. The summed E-state index contributed by atoms with van der Waals surface area (Å²) >= 11 is 4.81. The van der Waals surface area contributed by atoms with Gasteiger partial charge in [0.2, 0.25) is 0 Å². The van der Waals surface area contributed by atoms with Gasteiger partial charge in [0, 0.05) is 12.6 Å². The molecule has 0 saturated heterocycles. The molecule has 0 radical (unpaired) electrons. The third-order valence-corrected chi connectivity index (χ3v) is 2.72. The van der Waals surface area contributed by atoms with E-state index >= 15 is 0 Å². The van der Waals surface area contributed by atoms with Crippen LogP contribution in [0.15, 0.2) is 12.4 Å². The van der Waals surface area contributed by atoms with Crippen molar-refractivity contribution in [3.05, 3.63) is 18.1 Å². The number of rotatable bonds is 5. The average molecular weight is 238 g/mol. The van der Waals surface area contributed by atoms with Crippen molar-refractivity contribution in [2.24, 2.45) is 5.73 Å². The maximum absolute atomic E-state index is 8.99. The number of anilines is 1. The van der Waals surface area contributed by atoms with E-state index in [2.05, 4.69) is 14.9 Å². The number of hydrogen-bond acceptors (Lipinski definition) is 5. The summed E-state index contributed by atoms with van der Waals surface area (Å²) in [6, 6.07) is 0.497. The van der Waals surface area contributed by atoms with E-state index in [4.69, 9.17) is 23.1 Å². The first-order valence-electron chi connectivity index (χ1n) is 5.21. The smallest absolute Gasteiger partial charge is 0.147 e. The molecule has 1 heterocycles. The predicted molar refractivity (Wildman–Crippen MR) is 65.4 cm³/mol. The normalized spacial score (nSPS) is 14.8. The summed E-state index contributed by atoms with van der Waals surface area (Å²) in [5, 5.41) is 8.99. The molecule has 86 valence electrons. The Hall–Kier alpha value is -1.27.